The maximum atomic E-state index is 11.5. The Morgan fingerprint density at radius 2 is 2.00 bits per heavy atom. The van der Waals surface area contributed by atoms with Crippen molar-refractivity contribution in [2.24, 2.45) is 5.92 Å². The van der Waals surface area contributed by atoms with Crippen molar-refractivity contribution in [2.45, 2.75) is 51.5 Å². The van der Waals surface area contributed by atoms with E-state index in [1.54, 1.807) is 0 Å². The molecule has 74 valence electrons. The summed E-state index contributed by atoms with van der Waals surface area (Å²) in [7, 11) is 0. The van der Waals surface area contributed by atoms with Crippen molar-refractivity contribution in [1.82, 2.24) is 4.90 Å². The van der Waals surface area contributed by atoms with Crippen LogP contribution < -0.4 is 0 Å². The third kappa shape index (κ3) is 1.87. The van der Waals surface area contributed by atoms with Crippen molar-refractivity contribution in [3.8, 4) is 0 Å². The lowest BCUT2D eigenvalue weighted by atomic mass is 10.1. The summed E-state index contributed by atoms with van der Waals surface area (Å²) in [4.78, 5) is 13.6. The van der Waals surface area contributed by atoms with Crippen molar-refractivity contribution in [1.29, 1.82) is 0 Å². The van der Waals surface area contributed by atoms with E-state index < -0.39 is 0 Å². The molecule has 0 aromatic heterocycles. The summed E-state index contributed by atoms with van der Waals surface area (Å²) in [5.41, 5.74) is 0. The van der Waals surface area contributed by atoms with Crippen LogP contribution in [0.15, 0.2) is 0 Å². The third-order valence-corrected chi connectivity index (χ3v) is 3.56. The van der Waals surface area contributed by atoms with E-state index in [9.17, 15) is 4.79 Å². The minimum atomic E-state index is 0.388. The molecule has 0 radical (unpaired) electrons. The van der Waals surface area contributed by atoms with Gasteiger partial charge in [-0.25, -0.2) is 0 Å². The summed E-state index contributed by atoms with van der Waals surface area (Å²) >= 11 is 0. The Balaban J connectivity index is 1.88. The number of nitrogens with zero attached hydrogens (tertiary/aromatic N) is 1. The van der Waals surface area contributed by atoms with Crippen LogP contribution in [0.5, 0.6) is 0 Å². The highest BCUT2D eigenvalue weighted by Crippen LogP contribution is 2.28. The molecule has 0 aromatic carbocycles. The molecule has 0 aromatic rings. The molecule has 1 saturated carbocycles. The van der Waals surface area contributed by atoms with E-state index in [4.69, 9.17) is 0 Å². The lowest BCUT2D eigenvalue weighted by Crippen LogP contribution is -2.34. The summed E-state index contributed by atoms with van der Waals surface area (Å²) in [5.74, 6) is 1.20. The molecular formula is C11H19NO. The van der Waals surface area contributed by atoms with Gasteiger partial charge in [-0.1, -0.05) is 12.8 Å². The van der Waals surface area contributed by atoms with Crippen molar-refractivity contribution < 1.29 is 4.79 Å². The van der Waals surface area contributed by atoms with E-state index in [-0.39, 0.29) is 0 Å². The molecule has 1 atom stereocenters. The van der Waals surface area contributed by atoms with E-state index in [1.807, 2.05) is 0 Å². The average molecular weight is 181 g/mol. The van der Waals surface area contributed by atoms with Crippen LogP contribution in [-0.2, 0) is 4.79 Å². The fraction of sp³-hybridized carbons (Fsp3) is 0.909. The summed E-state index contributed by atoms with van der Waals surface area (Å²) < 4.78 is 0. The molecule has 2 aliphatic rings. The van der Waals surface area contributed by atoms with Gasteiger partial charge in [-0.05, 0) is 32.1 Å². The SMILES string of the molecule is CC1CCC(=O)N1CC1CCCC1. The molecule has 0 N–H and O–H groups in total. The molecule has 2 heteroatoms. The van der Waals surface area contributed by atoms with Gasteiger partial charge in [-0.15, -0.1) is 0 Å². The van der Waals surface area contributed by atoms with Crippen LogP contribution in [0, 0.1) is 5.92 Å². The molecule has 0 spiro atoms. The van der Waals surface area contributed by atoms with Crippen molar-refractivity contribution in [3.05, 3.63) is 0 Å². The maximum absolute atomic E-state index is 11.5. The van der Waals surface area contributed by atoms with E-state index in [0.717, 1.165) is 25.3 Å². The maximum Gasteiger partial charge on any atom is 0.222 e. The summed E-state index contributed by atoms with van der Waals surface area (Å²) in [5, 5.41) is 0. The number of rotatable bonds is 2. The molecule has 1 aliphatic heterocycles. The second-order valence-corrected chi connectivity index (χ2v) is 4.58. The van der Waals surface area contributed by atoms with Gasteiger partial charge in [0.15, 0.2) is 0 Å². The molecule has 2 fully saturated rings. The molecule has 1 unspecified atom stereocenters. The smallest absolute Gasteiger partial charge is 0.222 e. The summed E-state index contributed by atoms with van der Waals surface area (Å²) in [6.45, 7) is 3.22. The van der Waals surface area contributed by atoms with Crippen molar-refractivity contribution in [3.63, 3.8) is 0 Å². The minimum Gasteiger partial charge on any atom is -0.340 e. The summed E-state index contributed by atoms with van der Waals surface area (Å²) in [6, 6.07) is 0.507. The molecular weight excluding hydrogens is 162 g/mol. The first-order valence-electron chi connectivity index (χ1n) is 5.57. The number of hydrogen-bond donors (Lipinski definition) is 0. The van der Waals surface area contributed by atoms with Crippen molar-refractivity contribution >= 4 is 5.91 Å². The Kier molecular flexibility index (Phi) is 2.56. The Morgan fingerprint density at radius 3 is 2.54 bits per heavy atom. The number of amides is 1. The second-order valence-electron chi connectivity index (χ2n) is 4.58. The molecule has 1 heterocycles. The van der Waals surface area contributed by atoms with Crippen LogP contribution in [0.3, 0.4) is 0 Å². The van der Waals surface area contributed by atoms with Crippen LogP contribution in [0.2, 0.25) is 0 Å². The molecule has 1 aliphatic carbocycles. The normalized spacial score (nSPS) is 30.4. The average Bonchev–Trinajstić information content (AvgIpc) is 2.70. The second kappa shape index (κ2) is 3.69. The van der Waals surface area contributed by atoms with Gasteiger partial charge in [0, 0.05) is 19.0 Å². The van der Waals surface area contributed by atoms with Crippen LogP contribution in [0.1, 0.15) is 45.4 Å². The Bertz CT molecular complexity index is 196. The van der Waals surface area contributed by atoms with Gasteiger partial charge in [0.05, 0.1) is 0 Å². The number of carbonyl (C=O) groups is 1. The predicted molar refractivity (Wildman–Crippen MR) is 52.4 cm³/mol. The largest absolute Gasteiger partial charge is 0.340 e. The predicted octanol–water partition coefficient (Wildman–Crippen LogP) is 2.19. The van der Waals surface area contributed by atoms with Gasteiger partial charge < -0.3 is 4.90 Å². The van der Waals surface area contributed by atoms with Crippen LogP contribution in [0.4, 0.5) is 0 Å². The molecule has 1 saturated heterocycles. The monoisotopic (exact) mass is 181 g/mol. The molecule has 1 amide bonds. The molecule has 2 nitrogen and oxygen atoms in total. The van der Waals surface area contributed by atoms with Crippen LogP contribution in [0.25, 0.3) is 0 Å². The fourth-order valence-corrected chi connectivity index (χ4v) is 2.63. The van der Waals surface area contributed by atoms with Crippen molar-refractivity contribution in [2.75, 3.05) is 6.54 Å². The number of likely N-dealkylation sites (tertiary alicyclic amines) is 1. The van der Waals surface area contributed by atoms with E-state index in [2.05, 4.69) is 11.8 Å². The zero-order chi connectivity index (χ0) is 9.26. The highest BCUT2D eigenvalue weighted by Gasteiger charge is 2.30. The first-order chi connectivity index (χ1) is 6.27. The van der Waals surface area contributed by atoms with Crippen LogP contribution in [-0.4, -0.2) is 23.4 Å². The van der Waals surface area contributed by atoms with Gasteiger partial charge in [0.25, 0.3) is 0 Å². The topological polar surface area (TPSA) is 20.3 Å². The fourth-order valence-electron chi connectivity index (χ4n) is 2.63. The van der Waals surface area contributed by atoms with Gasteiger partial charge >= 0.3 is 0 Å². The lowest BCUT2D eigenvalue weighted by molar-refractivity contribution is -0.129. The van der Waals surface area contributed by atoms with Crippen LogP contribution >= 0.6 is 0 Å². The standard InChI is InChI=1S/C11H19NO/c1-9-6-7-11(13)12(9)8-10-4-2-3-5-10/h9-10H,2-8H2,1H3. The molecule has 0 bridgehead atoms. The van der Waals surface area contributed by atoms with E-state index in [0.29, 0.717) is 11.9 Å². The first kappa shape index (κ1) is 9.04. The number of carbonyl (C=O) groups excluding carboxylic acids is 1. The summed E-state index contributed by atoms with van der Waals surface area (Å²) in [6.07, 6.45) is 7.30. The molecule has 2 rings (SSSR count). The number of hydrogen-bond acceptors (Lipinski definition) is 1. The molecule has 13 heavy (non-hydrogen) atoms. The minimum absolute atomic E-state index is 0.388. The van der Waals surface area contributed by atoms with E-state index >= 15 is 0 Å². The quantitative estimate of drug-likeness (QED) is 0.639. The highest BCUT2D eigenvalue weighted by molar-refractivity contribution is 5.78. The van der Waals surface area contributed by atoms with Gasteiger partial charge in [-0.2, -0.15) is 0 Å². The Labute approximate surface area is 80.3 Å². The van der Waals surface area contributed by atoms with Gasteiger partial charge in [0.1, 0.15) is 0 Å². The van der Waals surface area contributed by atoms with E-state index in [1.165, 1.54) is 25.7 Å². The lowest BCUT2D eigenvalue weighted by Gasteiger charge is -2.24. The van der Waals surface area contributed by atoms with Gasteiger partial charge in [0.2, 0.25) is 5.91 Å². The zero-order valence-corrected chi connectivity index (χ0v) is 8.46. The van der Waals surface area contributed by atoms with Gasteiger partial charge in [-0.3, -0.25) is 4.79 Å². The third-order valence-electron chi connectivity index (χ3n) is 3.56. The highest BCUT2D eigenvalue weighted by atomic mass is 16.2. The first-order valence-corrected chi connectivity index (χ1v) is 5.57. The Morgan fingerprint density at radius 1 is 1.31 bits per heavy atom. The zero-order valence-electron chi connectivity index (χ0n) is 8.46. The Hall–Kier alpha value is -0.530.